The molecule has 0 bridgehead atoms. The van der Waals surface area contributed by atoms with Crippen molar-refractivity contribution in [1.82, 2.24) is 9.80 Å². The van der Waals surface area contributed by atoms with Gasteiger partial charge in [-0.1, -0.05) is 44.2 Å². The van der Waals surface area contributed by atoms with Crippen LogP contribution in [0.1, 0.15) is 25.3 Å². The summed E-state index contributed by atoms with van der Waals surface area (Å²) in [6.45, 7) is 11.9. The molecule has 1 aliphatic heterocycles. The normalized spacial score (nSPS) is 20.4. The van der Waals surface area contributed by atoms with E-state index in [-0.39, 0.29) is 0 Å². The first-order valence-corrected chi connectivity index (χ1v) is 6.79. The lowest BCUT2D eigenvalue weighted by molar-refractivity contribution is 0.133. The zero-order valence-electron chi connectivity index (χ0n) is 11.1. The summed E-state index contributed by atoms with van der Waals surface area (Å²) < 4.78 is 0. The van der Waals surface area contributed by atoms with Crippen LogP contribution in [-0.4, -0.2) is 49.1 Å². The Bertz CT molecular complexity index is 315. The number of nitrogens with zero attached hydrogens (tertiary/aromatic N) is 2. The second-order valence-corrected chi connectivity index (χ2v) is 5.05. The van der Waals surface area contributed by atoms with E-state index < -0.39 is 0 Å². The maximum atomic E-state index is 2.60. The molecule has 0 N–H and O–H groups in total. The van der Waals surface area contributed by atoms with Gasteiger partial charge in [-0.2, -0.15) is 0 Å². The molecule has 1 aliphatic rings. The minimum Gasteiger partial charge on any atom is -0.301 e. The van der Waals surface area contributed by atoms with Crippen molar-refractivity contribution in [3.8, 4) is 0 Å². The monoisotopic (exact) mass is 232 g/mol. The maximum absolute atomic E-state index is 2.60. The van der Waals surface area contributed by atoms with Gasteiger partial charge in [-0.15, -0.1) is 0 Å². The zero-order valence-corrected chi connectivity index (χ0v) is 11.1. The molecule has 0 radical (unpaired) electrons. The molecule has 2 nitrogen and oxygen atoms in total. The van der Waals surface area contributed by atoms with Crippen LogP contribution < -0.4 is 0 Å². The molecule has 1 aromatic carbocycles. The summed E-state index contributed by atoms with van der Waals surface area (Å²) in [4.78, 5) is 5.13. The van der Waals surface area contributed by atoms with Gasteiger partial charge in [0, 0.05) is 32.7 Å². The predicted octanol–water partition coefficient (Wildman–Crippen LogP) is 2.43. The Morgan fingerprint density at radius 3 is 2.18 bits per heavy atom. The van der Waals surface area contributed by atoms with E-state index in [0.29, 0.717) is 5.92 Å². The summed E-state index contributed by atoms with van der Waals surface area (Å²) in [5.41, 5.74) is 1.46. The standard InChI is InChI=1S/C15H24N2/c1-3-16-9-11-17(12-10-16)13-14(2)15-7-5-4-6-8-15/h4-8,14H,3,9-13H2,1-2H3/t14-/m1/s1. The smallest absolute Gasteiger partial charge is 0.0110 e. The van der Waals surface area contributed by atoms with Crippen LogP contribution in [0.25, 0.3) is 0 Å². The van der Waals surface area contributed by atoms with Gasteiger partial charge < -0.3 is 9.80 Å². The number of rotatable bonds is 4. The molecule has 94 valence electrons. The lowest BCUT2D eigenvalue weighted by Gasteiger charge is -2.35. The average molecular weight is 232 g/mol. The Kier molecular flexibility index (Phi) is 4.57. The Hall–Kier alpha value is -0.860. The molecule has 1 heterocycles. The third kappa shape index (κ3) is 3.55. The van der Waals surface area contributed by atoms with Gasteiger partial charge in [-0.05, 0) is 18.0 Å². The number of hydrogen-bond acceptors (Lipinski definition) is 2. The van der Waals surface area contributed by atoms with Crippen molar-refractivity contribution in [3.05, 3.63) is 35.9 Å². The highest BCUT2D eigenvalue weighted by atomic mass is 15.3. The molecule has 0 aromatic heterocycles. The summed E-state index contributed by atoms with van der Waals surface area (Å²) in [6.07, 6.45) is 0. The van der Waals surface area contributed by atoms with Gasteiger partial charge in [-0.25, -0.2) is 0 Å². The van der Waals surface area contributed by atoms with Crippen LogP contribution >= 0.6 is 0 Å². The molecule has 17 heavy (non-hydrogen) atoms. The Balaban J connectivity index is 1.82. The van der Waals surface area contributed by atoms with Crippen molar-refractivity contribution >= 4 is 0 Å². The van der Waals surface area contributed by atoms with E-state index in [9.17, 15) is 0 Å². The van der Waals surface area contributed by atoms with Crippen LogP contribution in [-0.2, 0) is 0 Å². The first-order chi connectivity index (χ1) is 8.29. The minimum absolute atomic E-state index is 0.643. The fourth-order valence-corrected chi connectivity index (χ4v) is 2.56. The van der Waals surface area contributed by atoms with Crippen LogP contribution in [0.15, 0.2) is 30.3 Å². The fourth-order valence-electron chi connectivity index (χ4n) is 2.56. The summed E-state index contributed by atoms with van der Waals surface area (Å²) >= 11 is 0. The third-order valence-corrected chi connectivity index (χ3v) is 3.81. The SMILES string of the molecule is CCN1CCN(C[C@@H](C)c2ccccc2)CC1. The highest BCUT2D eigenvalue weighted by molar-refractivity contribution is 5.19. The number of piperazine rings is 1. The first kappa shape index (κ1) is 12.6. The second-order valence-electron chi connectivity index (χ2n) is 5.05. The van der Waals surface area contributed by atoms with Crippen LogP contribution in [0.2, 0.25) is 0 Å². The van der Waals surface area contributed by atoms with Gasteiger partial charge in [0.1, 0.15) is 0 Å². The van der Waals surface area contributed by atoms with E-state index in [2.05, 4.69) is 54.0 Å². The van der Waals surface area contributed by atoms with Crippen molar-refractivity contribution in [2.45, 2.75) is 19.8 Å². The average Bonchev–Trinajstić information content (AvgIpc) is 2.40. The van der Waals surface area contributed by atoms with Crippen LogP contribution in [0, 0.1) is 0 Å². The van der Waals surface area contributed by atoms with Crippen LogP contribution in [0.3, 0.4) is 0 Å². The predicted molar refractivity (Wildman–Crippen MR) is 73.4 cm³/mol. The van der Waals surface area contributed by atoms with Gasteiger partial charge in [-0.3, -0.25) is 0 Å². The molecule has 0 unspecified atom stereocenters. The quantitative estimate of drug-likeness (QED) is 0.786. The second kappa shape index (κ2) is 6.18. The number of hydrogen-bond donors (Lipinski definition) is 0. The molecule has 1 atom stereocenters. The molecular weight excluding hydrogens is 208 g/mol. The topological polar surface area (TPSA) is 6.48 Å². The molecule has 0 spiro atoms. The van der Waals surface area contributed by atoms with Gasteiger partial charge in [0.2, 0.25) is 0 Å². The molecule has 0 aliphatic carbocycles. The first-order valence-electron chi connectivity index (χ1n) is 6.79. The molecule has 1 aromatic rings. The zero-order chi connectivity index (χ0) is 12.1. The van der Waals surface area contributed by atoms with Crippen molar-refractivity contribution in [3.63, 3.8) is 0 Å². The number of benzene rings is 1. The van der Waals surface area contributed by atoms with E-state index in [1.165, 1.54) is 44.8 Å². The Labute approximate surface area is 105 Å². The van der Waals surface area contributed by atoms with Gasteiger partial charge in [0.25, 0.3) is 0 Å². The lowest BCUT2D eigenvalue weighted by atomic mass is 10.0. The summed E-state index contributed by atoms with van der Waals surface area (Å²) in [6, 6.07) is 10.9. The summed E-state index contributed by atoms with van der Waals surface area (Å²) in [5, 5.41) is 0. The lowest BCUT2D eigenvalue weighted by Crippen LogP contribution is -2.47. The highest BCUT2D eigenvalue weighted by Gasteiger charge is 2.17. The van der Waals surface area contributed by atoms with Crippen LogP contribution in [0.4, 0.5) is 0 Å². The van der Waals surface area contributed by atoms with E-state index in [1.54, 1.807) is 0 Å². The van der Waals surface area contributed by atoms with E-state index in [1.807, 2.05) is 0 Å². The third-order valence-electron chi connectivity index (χ3n) is 3.81. The largest absolute Gasteiger partial charge is 0.301 e. The molecular formula is C15H24N2. The van der Waals surface area contributed by atoms with E-state index >= 15 is 0 Å². The maximum Gasteiger partial charge on any atom is 0.0110 e. The molecule has 1 fully saturated rings. The van der Waals surface area contributed by atoms with Gasteiger partial charge in [0.05, 0.1) is 0 Å². The molecule has 0 amide bonds. The van der Waals surface area contributed by atoms with Gasteiger partial charge in [0.15, 0.2) is 0 Å². The van der Waals surface area contributed by atoms with Crippen molar-refractivity contribution in [1.29, 1.82) is 0 Å². The van der Waals surface area contributed by atoms with Crippen molar-refractivity contribution < 1.29 is 0 Å². The molecule has 2 rings (SSSR count). The summed E-state index contributed by atoms with van der Waals surface area (Å²) in [5.74, 6) is 0.643. The minimum atomic E-state index is 0.643. The van der Waals surface area contributed by atoms with E-state index in [0.717, 1.165) is 0 Å². The molecule has 0 saturated carbocycles. The van der Waals surface area contributed by atoms with Crippen LogP contribution in [0.5, 0.6) is 0 Å². The van der Waals surface area contributed by atoms with E-state index in [4.69, 9.17) is 0 Å². The Morgan fingerprint density at radius 2 is 1.59 bits per heavy atom. The fraction of sp³-hybridized carbons (Fsp3) is 0.600. The molecule has 1 saturated heterocycles. The van der Waals surface area contributed by atoms with Crippen molar-refractivity contribution in [2.75, 3.05) is 39.3 Å². The van der Waals surface area contributed by atoms with Crippen molar-refractivity contribution in [2.24, 2.45) is 0 Å². The highest BCUT2D eigenvalue weighted by Crippen LogP contribution is 2.16. The number of likely N-dealkylation sites (N-methyl/N-ethyl adjacent to an activating group) is 1. The Morgan fingerprint density at radius 1 is 1.00 bits per heavy atom. The van der Waals surface area contributed by atoms with Gasteiger partial charge >= 0.3 is 0 Å². The summed E-state index contributed by atoms with van der Waals surface area (Å²) in [7, 11) is 0. The molecule has 2 heteroatoms.